The third-order valence-electron chi connectivity index (χ3n) is 6.39. The van der Waals surface area contributed by atoms with Gasteiger partial charge in [-0.05, 0) is 61.5 Å². The van der Waals surface area contributed by atoms with E-state index in [0.717, 1.165) is 5.56 Å². The van der Waals surface area contributed by atoms with E-state index >= 15 is 0 Å². The minimum atomic E-state index is -0.348. The van der Waals surface area contributed by atoms with Crippen LogP contribution in [0.5, 0.6) is 0 Å². The molecule has 0 radical (unpaired) electrons. The van der Waals surface area contributed by atoms with Crippen LogP contribution in [0.3, 0.4) is 0 Å². The third kappa shape index (κ3) is 12.3. The van der Waals surface area contributed by atoms with Crippen LogP contribution in [0.1, 0.15) is 5.56 Å². The Hall–Kier alpha value is -3.38. The molecular formula is C40H34P2PdS. The van der Waals surface area contributed by atoms with Crippen LogP contribution in [-0.2, 0) is 33.1 Å². The van der Waals surface area contributed by atoms with Gasteiger partial charge in [-0.3, -0.25) is 0 Å². The van der Waals surface area contributed by atoms with E-state index in [1.165, 1.54) is 33.5 Å². The van der Waals surface area contributed by atoms with Gasteiger partial charge in [0.05, 0.1) is 0 Å². The second-order valence-corrected chi connectivity index (χ2v) is 14.2. The predicted molar refractivity (Wildman–Crippen MR) is 194 cm³/mol. The van der Waals surface area contributed by atoms with E-state index in [4.69, 9.17) is 0 Å². The van der Waals surface area contributed by atoms with Gasteiger partial charge in [-0.15, -0.1) is 0 Å². The molecule has 0 saturated heterocycles. The molecule has 0 aliphatic rings. The molecule has 0 N–H and O–H groups in total. The summed E-state index contributed by atoms with van der Waals surface area (Å²) in [7, 11) is -0.696. The maximum atomic E-state index is 4.47. The van der Waals surface area contributed by atoms with Crippen molar-refractivity contribution in [1.29, 1.82) is 0 Å². The van der Waals surface area contributed by atoms with Gasteiger partial charge >= 0.3 is 20.4 Å². The zero-order valence-electron chi connectivity index (χ0n) is 24.4. The molecule has 220 valence electrons. The molecule has 0 saturated carbocycles. The molecule has 0 atom stereocenters. The summed E-state index contributed by atoms with van der Waals surface area (Å²) in [6, 6.07) is 66.4. The van der Waals surface area contributed by atoms with Crippen molar-refractivity contribution in [3.8, 4) is 11.2 Å². The van der Waals surface area contributed by atoms with Crippen LogP contribution in [0.4, 0.5) is 0 Å². The molecule has 0 heterocycles. The maximum Gasteiger partial charge on any atom is 2.00 e. The molecular weight excluding hydrogens is 681 g/mol. The zero-order chi connectivity index (χ0) is 29.8. The number of hydrogen-bond donors (Lipinski definition) is 0. The standard InChI is InChI=1S/C26H24P2.C8H6S.C6H5.Pd/c1-5-13-23(14-6-1)27(24-15-7-2-8-16-24)21-22-28(25-17-9-3-10-18-25)26-19-11-4-12-20-26;9-7-6-8-4-2-1-3-5-8;1-2-4-6-5-3-1;/h1-20H,21-22H2;1-5,9H;1-5H;/q;;-1;+2/p-1. The van der Waals surface area contributed by atoms with Crippen LogP contribution < -0.4 is 21.2 Å². The average molecular weight is 715 g/mol. The van der Waals surface area contributed by atoms with E-state index in [1.807, 2.05) is 60.7 Å². The van der Waals surface area contributed by atoms with Crippen LogP contribution in [-0.4, -0.2) is 12.3 Å². The Balaban J connectivity index is 0.000000271. The smallest absolute Gasteiger partial charge is 0.724 e. The monoisotopic (exact) mass is 714 g/mol. The fourth-order valence-corrected chi connectivity index (χ4v) is 9.84. The molecule has 44 heavy (non-hydrogen) atoms. The van der Waals surface area contributed by atoms with E-state index in [1.54, 1.807) is 0 Å². The molecule has 0 nitrogen and oxygen atoms in total. The van der Waals surface area contributed by atoms with Gasteiger partial charge in [0.1, 0.15) is 0 Å². The first-order valence-electron chi connectivity index (χ1n) is 14.2. The first-order chi connectivity index (χ1) is 21.3. The van der Waals surface area contributed by atoms with Crippen LogP contribution in [0.2, 0.25) is 0 Å². The summed E-state index contributed by atoms with van der Waals surface area (Å²) in [6.45, 7) is 0. The molecule has 0 aliphatic heterocycles. The van der Waals surface area contributed by atoms with Crippen LogP contribution in [0.25, 0.3) is 0 Å². The topological polar surface area (TPSA) is 0 Å². The van der Waals surface area contributed by atoms with E-state index in [2.05, 4.69) is 151 Å². The number of benzene rings is 6. The molecule has 0 spiro atoms. The van der Waals surface area contributed by atoms with Gasteiger partial charge in [0, 0.05) is 5.56 Å². The molecule has 0 unspecified atom stereocenters. The Morgan fingerprint density at radius 3 is 0.977 bits per heavy atom. The largest absolute Gasteiger partial charge is 2.00 e. The summed E-state index contributed by atoms with van der Waals surface area (Å²) in [6.07, 6.45) is 2.41. The van der Waals surface area contributed by atoms with E-state index in [-0.39, 0.29) is 36.3 Å². The first-order valence-corrected chi connectivity index (χ1v) is 17.7. The zero-order valence-corrected chi connectivity index (χ0v) is 28.5. The van der Waals surface area contributed by atoms with Gasteiger partial charge in [0.25, 0.3) is 0 Å². The van der Waals surface area contributed by atoms with Crippen molar-refractivity contribution in [3.05, 3.63) is 194 Å². The average Bonchev–Trinajstić information content (AvgIpc) is 3.10. The Morgan fingerprint density at radius 1 is 0.432 bits per heavy atom. The summed E-state index contributed by atoms with van der Waals surface area (Å²) in [4.78, 5) is 0. The molecule has 6 aromatic carbocycles. The summed E-state index contributed by atoms with van der Waals surface area (Å²) in [5, 5.41) is 8.31. The van der Waals surface area contributed by atoms with Crippen molar-refractivity contribution >= 4 is 49.7 Å². The normalized spacial score (nSPS) is 9.68. The maximum absolute atomic E-state index is 4.47. The summed E-state index contributed by atoms with van der Waals surface area (Å²) in [5.41, 5.74) is 0.979. The fourth-order valence-electron chi connectivity index (χ4n) is 4.37. The predicted octanol–water partition coefficient (Wildman–Crippen LogP) is 8.28. The van der Waals surface area contributed by atoms with Crippen LogP contribution in [0.15, 0.2) is 182 Å². The van der Waals surface area contributed by atoms with Gasteiger partial charge in [-0.25, -0.2) is 5.25 Å². The first kappa shape index (κ1) is 35.1. The number of rotatable bonds is 7. The molecule has 4 heteroatoms. The van der Waals surface area contributed by atoms with Gasteiger partial charge < -0.3 is 12.6 Å². The van der Waals surface area contributed by atoms with Crippen molar-refractivity contribution in [2.24, 2.45) is 0 Å². The molecule has 6 aromatic rings. The molecule has 0 aliphatic carbocycles. The fraction of sp³-hybridized carbons (Fsp3) is 0.0500. The van der Waals surface area contributed by atoms with Crippen LogP contribution in [0, 0.1) is 17.2 Å². The summed E-state index contributed by atoms with van der Waals surface area (Å²) >= 11 is 4.47. The van der Waals surface area contributed by atoms with Gasteiger partial charge in [0.15, 0.2) is 0 Å². The van der Waals surface area contributed by atoms with E-state index in [0.29, 0.717) is 0 Å². The Morgan fingerprint density at radius 2 is 0.727 bits per heavy atom. The van der Waals surface area contributed by atoms with Crippen LogP contribution >= 0.6 is 15.8 Å². The van der Waals surface area contributed by atoms with Crippen molar-refractivity contribution in [1.82, 2.24) is 0 Å². The second kappa shape index (κ2) is 21.3. The van der Waals surface area contributed by atoms with E-state index in [9.17, 15) is 0 Å². The van der Waals surface area contributed by atoms with E-state index < -0.39 is 0 Å². The summed E-state index contributed by atoms with van der Waals surface area (Å²) in [5.74, 6) is 2.77. The molecule has 6 rings (SSSR count). The van der Waals surface area contributed by atoms with Crippen molar-refractivity contribution < 1.29 is 20.4 Å². The minimum absolute atomic E-state index is 0. The second-order valence-electron chi connectivity index (χ2n) is 9.32. The molecule has 0 bridgehead atoms. The quantitative estimate of drug-likeness (QED) is 0.0528. The number of hydrogen-bond acceptors (Lipinski definition) is 1. The van der Waals surface area contributed by atoms with Crippen molar-refractivity contribution in [2.45, 2.75) is 0 Å². The van der Waals surface area contributed by atoms with Gasteiger partial charge in [-0.1, -0.05) is 145 Å². The Labute approximate surface area is 285 Å². The Bertz CT molecular complexity index is 1420. The van der Waals surface area contributed by atoms with Gasteiger partial charge in [-0.2, -0.15) is 36.4 Å². The minimum Gasteiger partial charge on any atom is -0.724 e. The summed E-state index contributed by atoms with van der Waals surface area (Å²) < 4.78 is 0. The molecule has 0 fully saturated rings. The molecule has 0 amide bonds. The van der Waals surface area contributed by atoms with Crippen molar-refractivity contribution in [2.75, 3.05) is 12.3 Å². The van der Waals surface area contributed by atoms with Gasteiger partial charge in [0.2, 0.25) is 0 Å². The Kier molecular flexibility index (Phi) is 17.0. The van der Waals surface area contributed by atoms with Crippen molar-refractivity contribution in [3.63, 3.8) is 0 Å². The molecule has 0 aromatic heterocycles. The third-order valence-corrected chi connectivity index (χ3v) is 11.9. The SMILES string of the molecule is [Pd+2].[S-]C#Cc1ccccc1.[c-]1ccccc1.c1ccc(P(CCP(c2ccccc2)c2ccccc2)c2ccccc2)cc1.